The molecule has 9 heteroatoms. The Morgan fingerprint density at radius 1 is 1.13 bits per heavy atom. The zero-order chi connectivity index (χ0) is 21.6. The number of ether oxygens (including phenoxy) is 1. The molecule has 0 bridgehead atoms. The molecular formula is C22H28N6O2S. The lowest BCUT2D eigenvalue weighted by Crippen LogP contribution is -2.47. The van der Waals surface area contributed by atoms with Crippen molar-refractivity contribution in [1.82, 2.24) is 20.6 Å². The molecule has 1 saturated heterocycles. The third-order valence-corrected chi connectivity index (χ3v) is 5.99. The lowest BCUT2D eigenvalue weighted by Gasteiger charge is -2.23. The molecule has 0 radical (unpaired) electrons. The van der Waals surface area contributed by atoms with E-state index in [0.29, 0.717) is 18.0 Å². The van der Waals surface area contributed by atoms with Gasteiger partial charge < -0.3 is 10.5 Å². The highest BCUT2D eigenvalue weighted by atomic mass is 32.2. The summed E-state index contributed by atoms with van der Waals surface area (Å²) in [7, 11) is 0. The van der Waals surface area contributed by atoms with E-state index in [9.17, 15) is 4.79 Å². The molecule has 0 saturated carbocycles. The summed E-state index contributed by atoms with van der Waals surface area (Å²) in [6.07, 6.45) is 6.19. The summed E-state index contributed by atoms with van der Waals surface area (Å²) in [6, 6.07) is 15.1. The van der Waals surface area contributed by atoms with Crippen LogP contribution in [0.25, 0.3) is 0 Å². The van der Waals surface area contributed by atoms with Crippen LogP contribution in [0.5, 0.6) is 5.75 Å². The van der Waals surface area contributed by atoms with Crippen LogP contribution in [0.3, 0.4) is 0 Å². The van der Waals surface area contributed by atoms with E-state index in [2.05, 4.69) is 15.9 Å². The van der Waals surface area contributed by atoms with Gasteiger partial charge in [-0.3, -0.25) is 15.1 Å². The average molecular weight is 441 g/mol. The molecule has 0 spiro atoms. The zero-order valence-corrected chi connectivity index (χ0v) is 18.4. The molecule has 4 rings (SSSR count). The lowest BCUT2D eigenvalue weighted by molar-refractivity contribution is 0.0639. The molecule has 2 heterocycles. The minimum Gasteiger partial charge on any atom is -0.492 e. The monoisotopic (exact) mass is 440 g/mol. The van der Waals surface area contributed by atoms with Crippen molar-refractivity contribution in [3.63, 3.8) is 0 Å². The maximum atomic E-state index is 12.8. The number of carbonyl (C=O) groups excluding carboxylic acids is 1. The van der Waals surface area contributed by atoms with Crippen molar-refractivity contribution in [1.29, 1.82) is 0 Å². The van der Waals surface area contributed by atoms with E-state index < -0.39 is 0 Å². The summed E-state index contributed by atoms with van der Waals surface area (Å²) in [5, 5.41) is 2.85. The summed E-state index contributed by atoms with van der Waals surface area (Å²) in [5.41, 5.74) is 13.5. The number of nitrogens with two attached hydrogens (primary N) is 1. The minimum atomic E-state index is -0.229. The van der Waals surface area contributed by atoms with Crippen LogP contribution in [0.15, 0.2) is 65.4 Å². The Labute approximate surface area is 186 Å². The fraction of sp³-hybridized carbons (Fsp3) is 0.318. The number of hydrogen-bond acceptors (Lipinski definition) is 8. The molecule has 1 fully saturated rings. The summed E-state index contributed by atoms with van der Waals surface area (Å²) in [4.78, 5) is 16.3. The summed E-state index contributed by atoms with van der Waals surface area (Å²) >= 11 is 1.63. The molecule has 164 valence electrons. The van der Waals surface area contributed by atoms with Gasteiger partial charge in [0.15, 0.2) is 0 Å². The first-order valence-corrected chi connectivity index (χ1v) is 11.6. The van der Waals surface area contributed by atoms with Crippen LogP contribution in [-0.2, 0) is 0 Å². The number of likely N-dealkylation sites (tertiary alicyclic amines) is 1. The molecule has 2 aliphatic heterocycles. The number of anilines is 1. The predicted molar refractivity (Wildman–Crippen MR) is 123 cm³/mol. The fourth-order valence-corrected chi connectivity index (χ4v) is 3.94. The SMILES string of the molecule is CSc1ccc(C(=O)N2NN(Nc3ccc(OCCN4CCCC4)cc3)C=C2N)cc1. The highest BCUT2D eigenvalue weighted by Gasteiger charge is 2.25. The van der Waals surface area contributed by atoms with Gasteiger partial charge in [-0.15, -0.1) is 17.3 Å². The van der Waals surface area contributed by atoms with Gasteiger partial charge in [0.25, 0.3) is 5.91 Å². The van der Waals surface area contributed by atoms with E-state index in [-0.39, 0.29) is 5.91 Å². The van der Waals surface area contributed by atoms with Gasteiger partial charge in [-0.2, -0.15) is 0 Å². The Morgan fingerprint density at radius 3 is 2.52 bits per heavy atom. The van der Waals surface area contributed by atoms with Crippen molar-refractivity contribution in [2.75, 3.05) is 37.9 Å². The van der Waals surface area contributed by atoms with Crippen molar-refractivity contribution in [2.45, 2.75) is 17.7 Å². The standard InChI is InChI=1S/C22H28N6O2S/c1-31-20-10-4-17(5-11-20)22(29)28-21(23)16-27(25-28)24-18-6-8-19(9-7-18)30-15-14-26-12-2-3-13-26/h4-11,16,24-25H,2-3,12-15,23H2,1H3. The first-order valence-electron chi connectivity index (χ1n) is 10.4. The number of nitrogens with zero attached hydrogens (tertiary/aromatic N) is 3. The van der Waals surface area contributed by atoms with Gasteiger partial charge in [0.1, 0.15) is 18.2 Å². The van der Waals surface area contributed by atoms with E-state index in [1.807, 2.05) is 42.7 Å². The number of hydrogen-bond donors (Lipinski definition) is 3. The molecular weight excluding hydrogens is 412 g/mol. The van der Waals surface area contributed by atoms with Crippen molar-refractivity contribution < 1.29 is 9.53 Å². The van der Waals surface area contributed by atoms with E-state index in [0.717, 1.165) is 22.9 Å². The molecule has 4 N–H and O–H groups in total. The quantitative estimate of drug-likeness (QED) is 0.541. The molecule has 31 heavy (non-hydrogen) atoms. The minimum absolute atomic E-state index is 0.229. The Bertz CT molecular complexity index is 913. The van der Waals surface area contributed by atoms with E-state index in [1.165, 1.54) is 30.9 Å². The van der Waals surface area contributed by atoms with Gasteiger partial charge in [0, 0.05) is 17.0 Å². The molecule has 0 aliphatic carbocycles. The van der Waals surface area contributed by atoms with Crippen LogP contribution < -0.4 is 21.4 Å². The fourth-order valence-electron chi connectivity index (χ4n) is 3.53. The molecule has 8 nitrogen and oxygen atoms in total. The van der Waals surface area contributed by atoms with E-state index >= 15 is 0 Å². The first kappa shape index (κ1) is 21.4. The van der Waals surface area contributed by atoms with E-state index in [1.54, 1.807) is 35.2 Å². The van der Waals surface area contributed by atoms with Crippen LogP contribution in [0.4, 0.5) is 5.69 Å². The number of thioether (sulfide) groups is 1. The molecule has 2 aliphatic rings. The Kier molecular flexibility index (Phi) is 6.86. The number of rotatable bonds is 8. The van der Waals surface area contributed by atoms with Crippen molar-refractivity contribution in [2.24, 2.45) is 5.73 Å². The van der Waals surface area contributed by atoms with Crippen LogP contribution in [0.2, 0.25) is 0 Å². The molecule has 0 atom stereocenters. The van der Waals surface area contributed by atoms with Gasteiger partial charge in [-0.25, -0.2) is 10.1 Å². The number of benzene rings is 2. The lowest BCUT2D eigenvalue weighted by atomic mass is 10.2. The number of amides is 1. The Balaban J connectivity index is 1.28. The van der Waals surface area contributed by atoms with Gasteiger partial charge in [-0.1, -0.05) is 0 Å². The van der Waals surface area contributed by atoms with Crippen molar-refractivity contribution in [3.8, 4) is 5.75 Å². The van der Waals surface area contributed by atoms with Gasteiger partial charge >= 0.3 is 0 Å². The number of carbonyl (C=O) groups is 1. The average Bonchev–Trinajstić information content (AvgIpc) is 3.44. The van der Waals surface area contributed by atoms with Crippen molar-refractivity contribution >= 4 is 23.4 Å². The maximum absolute atomic E-state index is 12.8. The molecule has 2 aromatic rings. The van der Waals surface area contributed by atoms with Gasteiger partial charge in [0.05, 0.1) is 11.9 Å². The molecule has 0 unspecified atom stereocenters. The Morgan fingerprint density at radius 2 is 1.84 bits per heavy atom. The van der Waals surface area contributed by atoms with Crippen LogP contribution >= 0.6 is 11.8 Å². The predicted octanol–water partition coefficient (Wildman–Crippen LogP) is 2.85. The van der Waals surface area contributed by atoms with E-state index in [4.69, 9.17) is 10.5 Å². The number of nitrogens with one attached hydrogen (secondary N) is 2. The third kappa shape index (κ3) is 5.43. The van der Waals surface area contributed by atoms with Crippen molar-refractivity contribution in [3.05, 3.63) is 66.1 Å². The zero-order valence-electron chi connectivity index (χ0n) is 17.6. The second-order valence-electron chi connectivity index (χ2n) is 7.43. The van der Waals surface area contributed by atoms with Gasteiger partial charge in [-0.05, 0) is 80.7 Å². The topological polar surface area (TPSA) is 86.1 Å². The van der Waals surface area contributed by atoms with Crippen LogP contribution in [0, 0.1) is 0 Å². The second kappa shape index (κ2) is 9.95. The van der Waals surface area contributed by atoms with Gasteiger partial charge in [0.2, 0.25) is 0 Å². The normalized spacial score (nSPS) is 16.5. The van der Waals surface area contributed by atoms with Crippen LogP contribution in [0.1, 0.15) is 23.2 Å². The summed E-state index contributed by atoms with van der Waals surface area (Å²) in [6.45, 7) is 4.00. The summed E-state index contributed by atoms with van der Waals surface area (Å²) < 4.78 is 5.84. The maximum Gasteiger partial charge on any atom is 0.275 e. The smallest absolute Gasteiger partial charge is 0.275 e. The number of hydrazine groups is 3. The summed E-state index contributed by atoms with van der Waals surface area (Å²) in [5.74, 6) is 0.903. The third-order valence-electron chi connectivity index (χ3n) is 5.25. The molecule has 0 aromatic heterocycles. The largest absolute Gasteiger partial charge is 0.492 e. The molecule has 2 aromatic carbocycles. The molecule has 1 amide bonds. The van der Waals surface area contributed by atoms with Crippen LogP contribution in [-0.4, -0.2) is 53.4 Å². The first-order chi connectivity index (χ1) is 15.1. The second-order valence-corrected chi connectivity index (χ2v) is 8.31. The highest BCUT2D eigenvalue weighted by Crippen LogP contribution is 2.20. The highest BCUT2D eigenvalue weighted by molar-refractivity contribution is 7.98. The Hall–Kier alpha value is -2.88.